The first-order chi connectivity index (χ1) is 11.7. The number of hydrogen-bond acceptors (Lipinski definition) is 4. The van der Waals surface area contributed by atoms with Crippen LogP contribution in [0.4, 0.5) is 10.5 Å². The van der Waals surface area contributed by atoms with Crippen LogP contribution in [0.3, 0.4) is 0 Å². The largest absolute Gasteiger partial charge is 0.481 e. The van der Waals surface area contributed by atoms with Gasteiger partial charge >= 0.3 is 18.0 Å². The third-order valence-corrected chi connectivity index (χ3v) is 2.99. The number of carbonyl (C=O) groups is 4. The van der Waals surface area contributed by atoms with E-state index < -0.39 is 42.9 Å². The summed E-state index contributed by atoms with van der Waals surface area (Å²) in [4.78, 5) is 45.0. The molecule has 0 saturated carbocycles. The highest BCUT2D eigenvalue weighted by Crippen LogP contribution is 2.12. The van der Waals surface area contributed by atoms with E-state index in [0.717, 1.165) is 0 Å². The number of carboxylic acid groups (broad SMARTS) is 2. The summed E-state index contributed by atoms with van der Waals surface area (Å²) in [5, 5.41) is 22.7. The molecule has 0 saturated heterocycles. The van der Waals surface area contributed by atoms with E-state index in [-0.39, 0.29) is 6.42 Å². The van der Waals surface area contributed by atoms with Gasteiger partial charge in [0.25, 0.3) is 0 Å². The summed E-state index contributed by atoms with van der Waals surface area (Å²) < 4.78 is 7.51. The molecule has 9 nitrogen and oxygen atoms in total. The number of halogens is 1. The summed E-state index contributed by atoms with van der Waals surface area (Å²) in [7, 11) is 0. The lowest BCUT2D eigenvalue weighted by Gasteiger charge is -2.14. The van der Waals surface area contributed by atoms with Gasteiger partial charge in [0.1, 0.15) is 6.04 Å². The standard InChI is InChI=1S/C14H16ClN3O6/c15-8-1-3-9(4-2-8)17-14(24)16-7-11(19)18-10(13(22)23)5-6-12(20)21/h1-4,10H,5-7H2,(H,18,19)(H,20,21)(H,22,23)(H2,16,17,24)/t10-/m0/s1/i/hD. The number of amides is 3. The summed E-state index contributed by atoms with van der Waals surface area (Å²) in [6.45, 7) is -0.726. The first-order valence-corrected chi connectivity index (χ1v) is 7.13. The van der Waals surface area contributed by atoms with Gasteiger partial charge in [-0.25, -0.2) is 9.59 Å². The molecule has 0 aliphatic carbocycles. The number of urea groups is 1. The second-order valence-electron chi connectivity index (χ2n) is 4.64. The Labute approximate surface area is 143 Å². The lowest BCUT2D eigenvalue weighted by Crippen LogP contribution is -2.46. The molecule has 0 unspecified atom stereocenters. The number of hydrogen-bond donors (Lipinski definition) is 5. The molecule has 0 aliphatic rings. The third-order valence-electron chi connectivity index (χ3n) is 2.74. The Morgan fingerprint density at radius 1 is 1.17 bits per heavy atom. The van der Waals surface area contributed by atoms with Gasteiger partial charge in [-0.15, -0.1) is 0 Å². The van der Waals surface area contributed by atoms with Crippen LogP contribution in [0.2, 0.25) is 6.43 Å². The predicted molar refractivity (Wildman–Crippen MR) is 84.9 cm³/mol. The van der Waals surface area contributed by atoms with Crippen molar-refractivity contribution in [2.45, 2.75) is 18.9 Å². The average Bonchev–Trinajstić information content (AvgIpc) is 2.52. The van der Waals surface area contributed by atoms with Crippen LogP contribution in [-0.4, -0.2) is 46.7 Å². The van der Waals surface area contributed by atoms with E-state index in [0.29, 0.717) is 16.0 Å². The van der Waals surface area contributed by atoms with Crippen LogP contribution in [0, 0.1) is 0 Å². The molecule has 0 spiro atoms. The Hall–Kier alpha value is -2.81. The molecule has 1 aromatic carbocycles. The maximum Gasteiger partial charge on any atom is 0.326 e. The van der Waals surface area contributed by atoms with Crippen LogP contribution >= 0.6 is 11.6 Å². The van der Waals surface area contributed by atoms with Crippen molar-refractivity contribution in [1.82, 2.24) is 10.6 Å². The second kappa shape index (κ2) is 9.36. The fourth-order valence-corrected chi connectivity index (χ4v) is 1.73. The Morgan fingerprint density at radius 3 is 2.33 bits per heavy atom. The minimum Gasteiger partial charge on any atom is -0.481 e. The van der Waals surface area contributed by atoms with Gasteiger partial charge in [0, 0.05) is 17.1 Å². The monoisotopic (exact) mass is 358 g/mol. The van der Waals surface area contributed by atoms with Crippen molar-refractivity contribution in [2.24, 2.45) is 0 Å². The van der Waals surface area contributed by atoms with Crippen LogP contribution in [-0.2, 0) is 14.4 Å². The van der Waals surface area contributed by atoms with Gasteiger partial charge in [0.2, 0.25) is 5.91 Å². The van der Waals surface area contributed by atoms with Gasteiger partial charge < -0.3 is 26.2 Å². The van der Waals surface area contributed by atoms with Gasteiger partial charge in [-0.1, -0.05) is 11.6 Å². The fraction of sp³-hybridized carbons (Fsp3) is 0.286. The predicted octanol–water partition coefficient (Wildman–Crippen LogP) is 0.896. The maximum absolute atomic E-state index is 11.8. The van der Waals surface area contributed by atoms with Crippen molar-refractivity contribution in [3.63, 3.8) is 0 Å². The lowest BCUT2D eigenvalue weighted by atomic mass is 10.1. The summed E-state index contributed by atoms with van der Waals surface area (Å²) in [6.07, 6.45) is -0.760. The van der Waals surface area contributed by atoms with Crippen LogP contribution in [0.25, 0.3) is 0 Å². The fourth-order valence-electron chi connectivity index (χ4n) is 1.60. The lowest BCUT2D eigenvalue weighted by molar-refractivity contribution is -0.142. The summed E-state index contributed by atoms with van der Waals surface area (Å²) in [5.41, 5.74) is 0.358. The van der Waals surface area contributed by atoms with Crippen molar-refractivity contribution in [3.05, 3.63) is 29.3 Å². The number of rotatable bonds is 8. The molecule has 5 N–H and O–H groups in total. The number of benzene rings is 1. The third kappa shape index (κ3) is 7.45. The van der Waals surface area contributed by atoms with E-state index in [1.807, 2.05) is 0 Å². The molecule has 10 heteroatoms. The molecule has 3 amide bonds. The van der Waals surface area contributed by atoms with E-state index in [2.05, 4.69) is 10.6 Å². The Morgan fingerprint density at radius 2 is 1.79 bits per heavy atom. The van der Waals surface area contributed by atoms with Crippen LogP contribution < -0.4 is 15.9 Å². The molecule has 1 aromatic rings. The van der Waals surface area contributed by atoms with E-state index in [1.54, 1.807) is 0 Å². The van der Waals surface area contributed by atoms with Crippen molar-refractivity contribution in [1.29, 1.82) is 0 Å². The van der Waals surface area contributed by atoms with Crippen molar-refractivity contribution >= 4 is 41.2 Å². The van der Waals surface area contributed by atoms with Crippen molar-refractivity contribution in [3.8, 4) is 0 Å². The quantitative estimate of drug-likeness (QED) is 0.466. The first kappa shape index (κ1) is 17.5. The van der Waals surface area contributed by atoms with Crippen molar-refractivity contribution < 1.29 is 30.8 Å². The molecular formula is C14H16ClN3O6. The van der Waals surface area contributed by atoms with Gasteiger partial charge in [0.05, 0.1) is 6.54 Å². The molecule has 0 radical (unpaired) electrons. The molecule has 1 rings (SSSR count). The van der Waals surface area contributed by atoms with Crippen LogP contribution in [0.15, 0.2) is 24.3 Å². The second-order valence-corrected chi connectivity index (χ2v) is 5.08. The van der Waals surface area contributed by atoms with Gasteiger partial charge in [-0.2, -0.15) is 0 Å². The van der Waals surface area contributed by atoms with Gasteiger partial charge in [-0.3, -0.25) is 9.59 Å². The molecule has 0 fully saturated rings. The Bertz CT molecular complexity index is 654. The normalized spacial score (nSPS) is 11.8. The van der Waals surface area contributed by atoms with E-state index in [9.17, 15) is 19.2 Å². The highest BCUT2D eigenvalue weighted by atomic mass is 35.5. The minimum absolute atomic E-state index is 0.306. The zero-order valence-corrected chi connectivity index (χ0v) is 13.1. The molecule has 0 bridgehead atoms. The molecule has 24 heavy (non-hydrogen) atoms. The molecule has 1 atom stereocenters. The topological polar surface area (TPSA) is 145 Å². The number of carbonyl (C=O) groups excluding carboxylic acids is 2. The number of aliphatic carboxylic acids is 2. The van der Waals surface area contributed by atoms with Gasteiger partial charge in [0.15, 0.2) is 1.41 Å². The Kier molecular flexibility index (Phi) is 6.84. The molecular weight excluding hydrogens is 342 g/mol. The minimum atomic E-state index is -1.42. The molecule has 0 heterocycles. The summed E-state index contributed by atoms with van der Waals surface area (Å²) in [5.74, 6) is -3.51. The summed E-state index contributed by atoms with van der Waals surface area (Å²) in [6, 6.07) is 3.73. The van der Waals surface area contributed by atoms with Crippen molar-refractivity contribution in [2.75, 3.05) is 11.9 Å². The van der Waals surface area contributed by atoms with E-state index >= 15 is 0 Å². The average molecular weight is 359 g/mol. The number of anilines is 1. The molecule has 130 valence electrons. The number of nitrogens with one attached hydrogen (secondary N) is 3. The highest BCUT2D eigenvalue weighted by Gasteiger charge is 2.21. The molecule has 0 aliphatic heterocycles. The zero-order chi connectivity index (χ0) is 19.0. The van der Waals surface area contributed by atoms with Crippen LogP contribution in [0.1, 0.15) is 12.8 Å². The SMILES string of the molecule is [2H]N(CC(=O)N[C@@H](CCC(=O)O)C(=O)O)C(=O)Nc1ccc(Cl)cc1. The Balaban J connectivity index is 2.53. The zero-order valence-electron chi connectivity index (χ0n) is 13.4. The van der Waals surface area contributed by atoms with E-state index in [1.165, 1.54) is 24.3 Å². The van der Waals surface area contributed by atoms with Crippen LogP contribution in [0.5, 0.6) is 0 Å². The maximum atomic E-state index is 11.8. The summed E-state index contributed by atoms with van der Waals surface area (Å²) >= 11 is 5.70. The smallest absolute Gasteiger partial charge is 0.326 e. The molecule has 0 aromatic heterocycles. The number of carboxylic acids is 2. The van der Waals surface area contributed by atoms with Gasteiger partial charge in [-0.05, 0) is 30.7 Å². The first-order valence-electron chi connectivity index (χ1n) is 7.20. The highest BCUT2D eigenvalue weighted by molar-refractivity contribution is 6.30. The van der Waals surface area contributed by atoms with E-state index in [4.69, 9.17) is 23.2 Å².